The third-order valence-electron chi connectivity index (χ3n) is 3.70. The van der Waals surface area contributed by atoms with E-state index in [1.807, 2.05) is 13.0 Å². The molecule has 0 aliphatic carbocycles. The molecule has 0 aliphatic rings. The zero-order chi connectivity index (χ0) is 19.4. The number of amides is 2. The monoisotopic (exact) mass is 405 g/mol. The second-order valence-corrected chi connectivity index (χ2v) is 6.88. The molecule has 0 aliphatic heterocycles. The maximum absolute atomic E-state index is 12.0. The smallest absolute Gasteiger partial charge is 0.271 e. The summed E-state index contributed by atoms with van der Waals surface area (Å²) in [6.45, 7) is 1.84. The van der Waals surface area contributed by atoms with Crippen molar-refractivity contribution in [2.45, 2.75) is 12.1 Å². The number of rotatable bonds is 5. The van der Waals surface area contributed by atoms with Gasteiger partial charge in [-0.2, -0.15) is 0 Å². The molecule has 0 saturated carbocycles. The number of aromatic nitrogens is 3. The highest BCUT2D eigenvalue weighted by Gasteiger charge is 2.16. The van der Waals surface area contributed by atoms with Gasteiger partial charge in [-0.15, -0.1) is 10.2 Å². The molecule has 8 nitrogen and oxygen atoms in total. The van der Waals surface area contributed by atoms with Crippen LogP contribution in [0, 0.1) is 6.92 Å². The SMILES string of the molecule is Cc1occc1-c1nnc(SCC(=O)NNC(=O)c2ccccc2Cl)n1C. The van der Waals surface area contributed by atoms with Gasteiger partial charge >= 0.3 is 0 Å². The van der Waals surface area contributed by atoms with Crippen LogP contribution in [0.15, 0.2) is 46.2 Å². The molecule has 3 aromatic rings. The first-order chi connectivity index (χ1) is 13.0. The first kappa shape index (κ1) is 19.0. The molecule has 0 atom stereocenters. The Morgan fingerprint density at radius 3 is 2.70 bits per heavy atom. The van der Waals surface area contributed by atoms with Gasteiger partial charge in [-0.05, 0) is 25.1 Å². The van der Waals surface area contributed by atoms with Crippen molar-refractivity contribution in [1.82, 2.24) is 25.6 Å². The lowest BCUT2D eigenvalue weighted by Crippen LogP contribution is -2.42. The molecule has 2 amide bonds. The van der Waals surface area contributed by atoms with Crippen molar-refractivity contribution >= 4 is 35.2 Å². The van der Waals surface area contributed by atoms with Crippen molar-refractivity contribution < 1.29 is 14.0 Å². The molecule has 0 saturated heterocycles. The molecule has 0 unspecified atom stereocenters. The number of hydrazine groups is 1. The summed E-state index contributed by atoms with van der Waals surface area (Å²) in [4.78, 5) is 24.0. The van der Waals surface area contributed by atoms with E-state index in [1.54, 1.807) is 42.1 Å². The topological polar surface area (TPSA) is 102 Å². The number of halogens is 1. The molecule has 2 heterocycles. The van der Waals surface area contributed by atoms with Gasteiger partial charge in [-0.25, -0.2) is 0 Å². The molecule has 0 radical (unpaired) electrons. The predicted octanol–water partition coefficient (Wildman–Crippen LogP) is 2.59. The molecular weight excluding hydrogens is 390 g/mol. The van der Waals surface area contributed by atoms with Crippen LogP contribution in [0.5, 0.6) is 0 Å². The zero-order valence-corrected chi connectivity index (χ0v) is 16.1. The van der Waals surface area contributed by atoms with E-state index in [4.69, 9.17) is 16.0 Å². The van der Waals surface area contributed by atoms with Crippen LogP contribution in [0.2, 0.25) is 5.02 Å². The quantitative estimate of drug-likeness (QED) is 0.499. The van der Waals surface area contributed by atoms with Gasteiger partial charge < -0.3 is 8.98 Å². The summed E-state index contributed by atoms with van der Waals surface area (Å²) in [6, 6.07) is 8.38. The molecule has 27 heavy (non-hydrogen) atoms. The summed E-state index contributed by atoms with van der Waals surface area (Å²) >= 11 is 7.15. The Bertz CT molecular complexity index is 985. The van der Waals surface area contributed by atoms with Crippen LogP contribution in [0.3, 0.4) is 0 Å². The highest BCUT2D eigenvalue weighted by Crippen LogP contribution is 2.25. The number of hydrogen-bond donors (Lipinski definition) is 2. The van der Waals surface area contributed by atoms with Gasteiger partial charge in [0, 0.05) is 7.05 Å². The Morgan fingerprint density at radius 2 is 2.00 bits per heavy atom. The summed E-state index contributed by atoms with van der Waals surface area (Å²) in [5.74, 6) is 0.567. The number of carbonyl (C=O) groups is 2. The molecule has 1 aromatic carbocycles. The van der Waals surface area contributed by atoms with Gasteiger partial charge in [0.25, 0.3) is 5.91 Å². The Labute approximate surface area is 164 Å². The van der Waals surface area contributed by atoms with E-state index in [-0.39, 0.29) is 17.2 Å². The molecule has 0 fully saturated rings. The Hall–Kier alpha value is -2.78. The average Bonchev–Trinajstić information content (AvgIpc) is 3.23. The van der Waals surface area contributed by atoms with Crippen molar-refractivity contribution in [3.05, 3.63) is 52.9 Å². The first-order valence-corrected chi connectivity index (χ1v) is 9.24. The van der Waals surface area contributed by atoms with Crippen molar-refractivity contribution in [3.8, 4) is 11.4 Å². The third-order valence-corrected chi connectivity index (χ3v) is 5.05. The van der Waals surface area contributed by atoms with Crippen LogP contribution >= 0.6 is 23.4 Å². The summed E-state index contributed by atoms with van der Waals surface area (Å²) in [6.07, 6.45) is 1.58. The van der Waals surface area contributed by atoms with E-state index in [0.29, 0.717) is 16.0 Å². The largest absolute Gasteiger partial charge is 0.469 e. The van der Waals surface area contributed by atoms with E-state index in [9.17, 15) is 9.59 Å². The maximum Gasteiger partial charge on any atom is 0.271 e. The highest BCUT2D eigenvalue weighted by atomic mass is 35.5. The molecule has 3 rings (SSSR count). The number of nitrogens with one attached hydrogen (secondary N) is 2. The molecule has 2 aromatic heterocycles. The van der Waals surface area contributed by atoms with Gasteiger partial charge in [0.05, 0.1) is 28.2 Å². The molecule has 2 N–H and O–H groups in total. The second-order valence-electron chi connectivity index (χ2n) is 5.53. The van der Waals surface area contributed by atoms with Gasteiger partial charge in [-0.3, -0.25) is 20.4 Å². The molecule has 10 heteroatoms. The van der Waals surface area contributed by atoms with Crippen LogP contribution in [0.25, 0.3) is 11.4 Å². The molecule has 0 bridgehead atoms. The van der Waals surface area contributed by atoms with E-state index >= 15 is 0 Å². The van der Waals surface area contributed by atoms with Crippen LogP contribution in [-0.4, -0.2) is 32.3 Å². The lowest BCUT2D eigenvalue weighted by Gasteiger charge is -2.08. The van der Waals surface area contributed by atoms with Gasteiger partial charge in [-0.1, -0.05) is 35.5 Å². The standard InChI is InChI=1S/C17H16ClN5O3S/c1-10-11(7-8-26-10)15-20-22-17(23(15)2)27-9-14(24)19-21-16(25)12-5-3-4-6-13(12)18/h3-8H,9H2,1-2H3,(H,19,24)(H,21,25). The van der Waals surface area contributed by atoms with E-state index in [2.05, 4.69) is 21.0 Å². The number of carbonyl (C=O) groups excluding carboxylic acids is 2. The first-order valence-electron chi connectivity index (χ1n) is 7.87. The maximum atomic E-state index is 12.0. The minimum atomic E-state index is -0.490. The Morgan fingerprint density at radius 1 is 1.22 bits per heavy atom. The number of benzene rings is 1. The number of furan rings is 1. The van der Waals surface area contributed by atoms with Gasteiger partial charge in [0.2, 0.25) is 5.91 Å². The lowest BCUT2D eigenvalue weighted by molar-refractivity contribution is -0.119. The van der Waals surface area contributed by atoms with Crippen LogP contribution in [-0.2, 0) is 11.8 Å². The normalized spacial score (nSPS) is 10.6. The summed E-state index contributed by atoms with van der Waals surface area (Å²) in [5, 5.41) is 9.10. The van der Waals surface area contributed by atoms with Crippen LogP contribution < -0.4 is 10.9 Å². The van der Waals surface area contributed by atoms with E-state index < -0.39 is 5.91 Å². The molecular formula is C17H16ClN5O3S. The third kappa shape index (κ3) is 4.32. The summed E-state index contributed by atoms with van der Waals surface area (Å²) in [5.41, 5.74) is 5.80. The fourth-order valence-corrected chi connectivity index (χ4v) is 3.23. The highest BCUT2D eigenvalue weighted by molar-refractivity contribution is 7.99. The average molecular weight is 406 g/mol. The number of thioether (sulfide) groups is 1. The van der Waals surface area contributed by atoms with Gasteiger partial charge in [0.15, 0.2) is 11.0 Å². The summed E-state index contributed by atoms with van der Waals surface area (Å²) in [7, 11) is 1.81. The Kier molecular flexibility index (Phi) is 5.82. The van der Waals surface area contributed by atoms with Crippen LogP contribution in [0.4, 0.5) is 0 Å². The van der Waals surface area contributed by atoms with Crippen molar-refractivity contribution in [2.75, 3.05) is 5.75 Å². The molecule has 0 spiro atoms. The Balaban J connectivity index is 1.54. The predicted molar refractivity (Wildman–Crippen MR) is 101 cm³/mol. The van der Waals surface area contributed by atoms with Crippen molar-refractivity contribution in [2.24, 2.45) is 7.05 Å². The number of hydrogen-bond acceptors (Lipinski definition) is 6. The van der Waals surface area contributed by atoms with E-state index in [0.717, 1.165) is 11.3 Å². The summed E-state index contributed by atoms with van der Waals surface area (Å²) < 4.78 is 7.05. The second kappa shape index (κ2) is 8.28. The minimum Gasteiger partial charge on any atom is -0.469 e. The van der Waals surface area contributed by atoms with Crippen LogP contribution in [0.1, 0.15) is 16.1 Å². The van der Waals surface area contributed by atoms with Gasteiger partial charge in [0.1, 0.15) is 5.76 Å². The fourth-order valence-electron chi connectivity index (χ4n) is 2.30. The fraction of sp³-hybridized carbons (Fsp3) is 0.176. The van der Waals surface area contributed by atoms with Crippen molar-refractivity contribution in [3.63, 3.8) is 0 Å². The minimum absolute atomic E-state index is 0.0547. The molecule has 140 valence electrons. The van der Waals surface area contributed by atoms with E-state index in [1.165, 1.54) is 11.8 Å². The number of nitrogens with zero attached hydrogens (tertiary/aromatic N) is 3. The lowest BCUT2D eigenvalue weighted by atomic mass is 10.2. The number of aryl methyl sites for hydroxylation is 1. The zero-order valence-electron chi connectivity index (χ0n) is 14.5. The van der Waals surface area contributed by atoms with Crippen molar-refractivity contribution in [1.29, 1.82) is 0 Å².